The Hall–Kier alpha value is -1.27. The van der Waals surface area contributed by atoms with Crippen LogP contribution in [0.1, 0.15) is 52.9 Å². The average molecular weight is 352 g/mol. The molecule has 1 heterocycles. The van der Waals surface area contributed by atoms with E-state index in [9.17, 15) is 4.21 Å². The van der Waals surface area contributed by atoms with Crippen LogP contribution in [0, 0.1) is 0 Å². The van der Waals surface area contributed by atoms with Crippen molar-refractivity contribution in [3.8, 4) is 0 Å². The molecule has 0 aliphatic carbocycles. The van der Waals surface area contributed by atoms with Gasteiger partial charge in [0, 0.05) is 43.9 Å². The van der Waals surface area contributed by atoms with E-state index in [0.717, 1.165) is 22.2 Å². The largest absolute Gasteiger partial charge is 0.330 e. The number of aromatic nitrogens is 2. The summed E-state index contributed by atoms with van der Waals surface area (Å²) in [5, 5.41) is 4.08. The maximum Gasteiger partial charge on any atom is 0.207 e. The van der Waals surface area contributed by atoms with E-state index < -0.39 is 10.8 Å². The van der Waals surface area contributed by atoms with Gasteiger partial charge in [-0.05, 0) is 38.5 Å². The summed E-state index contributed by atoms with van der Waals surface area (Å²) < 4.78 is 16.5. The number of hydrogen-bond donors (Lipinski definition) is 1. The molecule has 126 valence electrons. The summed E-state index contributed by atoms with van der Waals surface area (Å²) >= 11 is 1.36. The zero-order valence-corrected chi connectivity index (χ0v) is 16.3. The van der Waals surface area contributed by atoms with Crippen LogP contribution < -0.4 is 5.32 Å². The van der Waals surface area contributed by atoms with E-state index in [1.807, 2.05) is 45.0 Å². The zero-order valence-electron chi connectivity index (χ0n) is 14.6. The monoisotopic (exact) mass is 351 g/mol. The molecular weight excluding hydrogens is 326 g/mol. The van der Waals surface area contributed by atoms with Gasteiger partial charge in [-0.1, -0.05) is 32.9 Å². The first-order valence-corrected chi connectivity index (χ1v) is 9.73. The second-order valence-electron chi connectivity index (χ2n) is 7.60. The Kier molecular flexibility index (Phi) is 5.26. The van der Waals surface area contributed by atoms with Crippen molar-refractivity contribution < 1.29 is 4.21 Å². The molecule has 2 aromatic rings. The fraction of sp³-hybridized carbons (Fsp3) is 0.529. The smallest absolute Gasteiger partial charge is 0.207 e. The molecule has 0 aliphatic rings. The van der Waals surface area contributed by atoms with E-state index in [-0.39, 0.29) is 10.2 Å². The molecule has 1 unspecified atom stereocenters. The summed E-state index contributed by atoms with van der Waals surface area (Å²) in [5.41, 5.74) is 1.95. The summed E-state index contributed by atoms with van der Waals surface area (Å²) in [6.07, 6.45) is 0. The first-order valence-electron chi connectivity index (χ1n) is 7.64. The van der Waals surface area contributed by atoms with Crippen LogP contribution in [0.2, 0.25) is 0 Å². The minimum atomic E-state index is -0.904. The lowest BCUT2D eigenvalue weighted by Crippen LogP contribution is -2.22. The quantitative estimate of drug-likeness (QED) is 0.873. The molecule has 0 spiro atoms. The molecule has 0 bridgehead atoms. The van der Waals surface area contributed by atoms with Crippen molar-refractivity contribution in [2.45, 2.75) is 57.5 Å². The van der Waals surface area contributed by atoms with Gasteiger partial charge in [-0.3, -0.25) is 4.21 Å². The highest BCUT2D eigenvalue weighted by molar-refractivity contribution is 7.85. The number of hydrogen-bond acceptors (Lipinski definition) is 5. The maximum absolute atomic E-state index is 12.3. The maximum atomic E-state index is 12.3. The fourth-order valence-electron chi connectivity index (χ4n) is 1.81. The highest BCUT2D eigenvalue weighted by Crippen LogP contribution is 2.26. The second kappa shape index (κ2) is 6.69. The molecule has 2 rings (SSSR count). The van der Waals surface area contributed by atoms with Gasteiger partial charge in [-0.2, -0.15) is 4.37 Å². The second-order valence-corrected chi connectivity index (χ2v) is 10.6. The molecular formula is C17H25N3OS2. The molecule has 1 N–H and O–H groups in total. The molecule has 1 aromatic carbocycles. The van der Waals surface area contributed by atoms with Crippen molar-refractivity contribution in [3.05, 3.63) is 35.7 Å². The third-order valence-corrected chi connectivity index (χ3v) is 5.85. The number of anilines is 2. The fourth-order valence-corrected chi connectivity index (χ4v) is 3.50. The van der Waals surface area contributed by atoms with Crippen LogP contribution in [0.25, 0.3) is 0 Å². The lowest BCUT2D eigenvalue weighted by Gasteiger charge is -2.17. The molecule has 1 atom stereocenters. The van der Waals surface area contributed by atoms with E-state index in [0.29, 0.717) is 5.75 Å². The molecule has 0 saturated carbocycles. The summed E-state index contributed by atoms with van der Waals surface area (Å²) in [6, 6.07) is 8.00. The average Bonchev–Trinajstić information content (AvgIpc) is 2.86. The van der Waals surface area contributed by atoms with E-state index in [4.69, 9.17) is 0 Å². The van der Waals surface area contributed by atoms with E-state index >= 15 is 0 Å². The normalized spacial score (nSPS) is 13.8. The summed E-state index contributed by atoms with van der Waals surface area (Å²) in [4.78, 5) is 4.54. The lowest BCUT2D eigenvalue weighted by molar-refractivity contribution is 0.555. The highest BCUT2D eigenvalue weighted by Gasteiger charge is 2.20. The Morgan fingerprint density at radius 2 is 1.87 bits per heavy atom. The summed E-state index contributed by atoms with van der Waals surface area (Å²) in [7, 11) is -0.904. The van der Waals surface area contributed by atoms with Gasteiger partial charge in [-0.25, -0.2) is 4.98 Å². The molecule has 0 radical (unpaired) electrons. The first-order chi connectivity index (χ1) is 10.6. The van der Waals surface area contributed by atoms with Crippen LogP contribution >= 0.6 is 11.5 Å². The van der Waals surface area contributed by atoms with Crippen LogP contribution in [0.15, 0.2) is 24.3 Å². The van der Waals surface area contributed by atoms with Gasteiger partial charge in [0.15, 0.2) is 0 Å². The third-order valence-electron chi connectivity index (χ3n) is 3.26. The molecule has 0 fully saturated rings. The Bertz CT molecular complexity index is 696. The van der Waals surface area contributed by atoms with Gasteiger partial charge in [0.25, 0.3) is 0 Å². The number of nitrogens with one attached hydrogen (secondary N) is 1. The van der Waals surface area contributed by atoms with Crippen molar-refractivity contribution in [3.63, 3.8) is 0 Å². The van der Waals surface area contributed by atoms with E-state index in [1.54, 1.807) is 0 Å². The topological polar surface area (TPSA) is 54.9 Å². The van der Waals surface area contributed by atoms with Crippen LogP contribution in [0.5, 0.6) is 0 Å². The summed E-state index contributed by atoms with van der Waals surface area (Å²) in [6.45, 7) is 12.3. The minimum Gasteiger partial charge on any atom is -0.330 e. The number of rotatable bonds is 4. The van der Waals surface area contributed by atoms with Crippen LogP contribution in [-0.4, -0.2) is 18.3 Å². The first kappa shape index (κ1) is 18.1. The predicted molar refractivity (Wildman–Crippen MR) is 99.9 cm³/mol. The van der Waals surface area contributed by atoms with Gasteiger partial charge < -0.3 is 5.32 Å². The molecule has 23 heavy (non-hydrogen) atoms. The van der Waals surface area contributed by atoms with E-state index in [1.165, 1.54) is 11.5 Å². The van der Waals surface area contributed by atoms with Crippen molar-refractivity contribution in [2.75, 3.05) is 5.32 Å². The summed E-state index contributed by atoms with van der Waals surface area (Å²) in [5.74, 6) is 1.40. The predicted octanol–water partition coefficient (Wildman–Crippen LogP) is 4.63. The molecule has 4 nitrogen and oxygen atoms in total. The van der Waals surface area contributed by atoms with Crippen LogP contribution in [0.3, 0.4) is 0 Å². The number of benzene rings is 1. The van der Waals surface area contributed by atoms with Crippen molar-refractivity contribution in [1.29, 1.82) is 0 Å². The van der Waals surface area contributed by atoms with Crippen LogP contribution in [0.4, 0.5) is 10.8 Å². The van der Waals surface area contributed by atoms with Crippen molar-refractivity contribution >= 4 is 33.2 Å². The third kappa shape index (κ3) is 5.11. The zero-order chi connectivity index (χ0) is 17.3. The Labute approximate surface area is 145 Å². The number of nitrogens with zero attached hydrogens (tertiary/aromatic N) is 2. The Morgan fingerprint density at radius 3 is 2.43 bits per heavy atom. The minimum absolute atomic E-state index is 0.0537. The highest BCUT2D eigenvalue weighted by atomic mass is 32.2. The van der Waals surface area contributed by atoms with Gasteiger partial charge >= 0.3 is 0 Å². The Morgan fingerprint density at radius 1 is 1.17 bits per heavy atom. The molecule has 1 aromatic heterocycles. The molecule has 0 aliphatic heterocycles. The Balaban J connectivity index is 2.11. The molecule has 0 saturated heterocycles. The SMILES string of the molecule is CC(C)(C)c1nsc(Nc2cccc(CS(=O)C(C)(C)C)c2)n1. The van der Waals surface area contributed by atoms with Gasteiger partial charge in [0.05, 0.1) is 0 Å². The van der Waals surface area contributed by atoms with Crippen molar-refractivity contribution in [1.82, 2.24) is 9.36 Å². The molecule has 0 amide bonds. The standard InChI is InChI=1S/C17H25N3OS2/c1-16(2,3)14-19-15(22-20-14)18-13-9-7-8-12(10-13)11-23(21)17(4,5)6/h7-10H,11H2,1-6H3,(H,18,19,20). The lowest BCUT2D eigenvalue weighted by atomic mass is 9.96. The van der Waals surface area contributed by atoms with Gasteiger partial charge in [0.1, 0.15) is 5.82 Å². The van der Waals surface area contributed by atoms with Crippen LogP contribution in [-0.2, 0) is 22.0 Å². The van der Waals surface area contributed by atoms with Crippen molar-refractivity contribution in [2.24, 2.45) is 0 Å². The molecule has 6 heteroatoms. The van der Waals surface area contributed by atoms with E-state index in [2.05, 4.69) is 35.4 Å². The van der Waals surface area contributed by atoms with Gasteiger partial charge in [0.2, 0.25) is 5.13 Å². The van der Waals surface area contributed by atoms with Gasteiger partial charge in [-0.15, -0.1) is 0 Å².